The van der Waals surface area contributed by atoms with E-state index in [-0.39, 0.29) is 33.7 Å². The predicted octanol–water partition coefficient (Wildman–Crippen LogP) is 1.43. The number of oxime groups is 1. The topological polar surface area (TPSA) is 140 Å². The van der Waals surface area contributed by atoms with Crippen molar-refractivity contribution in [3.05, 3.63) is 33.7 Å². The van der Waals surface area contributed by atoms with Crippen molar-refractivity contribution in [1.82, 2.24) is 0 Å². The second kappa shape index (κ2) is 8.46. The van der Waals surface area contributed by atoms with Gasteiger partial charge in [-0.15, -0.1) is 0 Å². The van der Waals surface area contributed by atoms with Crippen molar-refractivity contribution in [2.45, 2.75) is 57.9 Å². The molecule has 1 aliphatic heterocycles. The zero-order chi connectivity index (χ0) is 23.1. The van der Waals surface area contributed by atoms with Crippen LogP contribution in [0.25, 0.3) is 11.0 Å². The van der Waals surface area contributed by atoms with Crippen LogP contribution in [0.5, 0.6) is 11.5 Å². The Labute approximate surface area is 178 Å². The summed E-state index contributed by atoms with van der Waals surface area (Å²) in [5, 5.41) is 35.4. The molecule has 0 bridgehead atoms. The van der Waals surface area contributed by atoms with Crippen LogP contribution >= 0.6 is 0 Å². The molecule has 0 spiro atoms. The summed E-state index contributed by atoms with van der Waals surface area (Å²) in [6, 6.07) is 3.05. The first-order valence-corrected chi connectivity index (χ1v) is 9.64. The number of aromatic hydroxyl groups is 1. The predicted molar refractivity (Wildman–Crippen MR) is 110 cm³/mol. The van der Waals surface area contributed by atoms with E-state index >= 15 is 0 Å². The smallest absolute Gasteiger partial charge is 0.349 e. The Morgan fingerprint density at radius 3 is 2.48 bits per heavy atom. The highest BCUT2D eigenvalue weighted by Crippen LogP contribution is 2.36. The van der Waals surface area contributed by atoms with E-state index in [0.29, 0.717) is 5.56 Å². The number of rotatable bonds is 5. The van der Waals surface area contributed by atoms with E-state index in [9.17, 15) is 20.1 Å². The summed E-state index contributed by atoms with van der Waals surface area (Å²) in [6.07, 6.45) is -4.59. The van der Waals surface area contributed by atoms with Gasteiger partial charge in [0.2, 0.25) is 6.29 Å². The summed E-state index contributed by atoms with van der Waals surface area (Å²) >= 11 is 0. The molecule has 10 nitrogen and oxygen atoms in total. The zero-order valence-corrected chi connectivity index (χ0v) is 18.2. The van der Waals surface area contributed by atoms with Crippen LogP contribution in [0, 0.1) is 6.92 Å². The molecule has 0 aliphatic carbocycles. The van der Waals surface area contributed by atoms with Gasteiger partial charge in [-0.05, 0) is 39.8 Å². The van der Waals surface area contributed by atoms with Gasteiger partial charge in [0.25, 0.3) is 0 Å². The maximum absolute atomic E-state index is 12.5. The van der Waals surface area contributed by atoms with Gasteiger partial charge in [0, 0.05) is 12.7 Å². The number of benzene rings is 1. The van der Waals surface area contributed by atoms with Gasteiger partial charge in [0.15, 0.2) is 0 Å². The van der Waals surface area contributed by atoms with Crippen molar-refractivity contribution in [2.24, 2.45) is 5.16 Å². The number of nitrogens with zero attached hydrogens (tertiary/aromatic N) is 1. The third-order valence-corrected chi connectivity index (χ3v) is 5.38. The van der Waals surface area contributed by atoms with Crippen LogP contribution in [0.1, 0.15) is 31.9 Å². The van der Waals surface area contributed by atoms with Gasteiger partial charge in [-0.2, -0.15) is 0 Å². The summed E-state index contributed by atoms with van der Waals surface area (Å²) in [5.74, 6) is -0.0550. The molecule has 4 atom stereocenters. The Bertz CT molecular complexity index is 1060. The van der Waals surface area contributed by atoms with Crippen LogP contribution < -0.4 is 10.4 Å². The van der Waals surface area contributed by atoms with Crippen molar-refractivity contribution >= 4 is 16.7 Å². The fourth-order valence-corrected chi connectivity index (χ4v) is 3.83. The number of fused-ring (bicyclic) bond motifs is 1. The van der Waals surface area contributed by atoms with Gasteiger partial charge < -0.3 is 38.8 Å². The van der Waals surface area contributed by atoms with E-state index in [1.165, 1.54) is 27.2 Å². The van der Waals surface area contributed by atoms with Gasteiger partial charge in [-0.25, -0.2) is 4.79 Å². The minimum absolute atomic E-state index is 0.105. The van der Waals surface area contributed by atoms with E-state index in [4.69, 9.17) is 18.6 Å². The molecule has 10 heteroatoms. The molecule has 170 valence electrons. The second-order valence-electron chi connectivity index (χ2n) is 7.88. The summed E-state index contributed by atoms with van der Waals surface area (Å²) < 4.78 is 22.3. The third-order valence-electron chi connectivity index (χ3n) is 5.38. The number of aliphatic hydroxyl groups excluding tert-OH is 2. The maximum atomic E-state index is 12.5. The van der Waals surface area contributed by atoms with Crippen molar-refractivity contribution in [2.75, 3.05) is 14.2 Å². The Balaban J connectivity index is 2.02. The minimum Gasteiger partial charge on any atom is -0.506 e. The summed E-state index contributed by atoms with van der Waals surface area (Å²) in [4.78, 5) is 17.1. The first-order valence-electron chi connectivity index (χ1n) is 9.64. The molecule has 3 rings (SSSR count). The number of aryl methyl sites for hydroxylation is 1. The fourth-order valence-electron chi connectivity index (χ4n) is 3.83. The molecule has 1 aliphatic rings. The number of methoxy groups -OCH3 is 1. The van der Waals surface area contributed by atoms with Gasteiger partial charge in [0.1, 0.15) is 48.1 Å². The number of hydrogen-bond acceptors (Lipinski definition) is 10. The molecule has 0 saturated carbocycles. The van der Waals surface area contributed by atoms with E-state index in [2.05, 4.69) is 9.99 Å². The van der Waals surface area contributed by atoms with Crippen LogP contribution in [0.15, 0.2) is 26.5 Å². The standard InChI is InChI=1S/C21H27NO9/c1-9-12(29-20-16(25)15(24)18(27-5)21(3,4)31-20)8-7-11-14(23)13(10(2)22-28-6)19(26)30-17(9)11/h7-8,15-16,18,20,23-25H,1-6H3/b22-10+/t15-,16+,18+,20+/m0/s1. The summed E-state index contributed by atoms with van der Waals surface area (Å²) in [5.41, 5.74) is -1.18. The maximum Gasteiger partial charge on any atom is 0.349 e. The average molecular weight is 437 g/mol. The van der Waals surface area contributed by atoms with Crippen LogP contribution in [0.2, 0.25) is 0 Å². The highest BCUT2D eigenvalue weighted by atomic mass is 16.7. The Morgan fingerprint density at radius 2 is 1.87 bits per heavy atom. The molecule has 0 unspecified atom stereocenters. The molecule has 1 fully saturated rings. The van der Waals surface area contributed by atoms with Crippen LogP contribution in [0.4, 0.5) is 0 Å². The SMILES string of the molecule is CO/N=C(\C)c1c(O)c2ccc(O[C@@H]3OC(C)(C)[C@H](OC)[C@@H](O)[C@H]3O)c(C)c2oc1=O. The van der Waals surface area contributed by atoms with Crippen LogP contribution in [0.3, 0.4) is 0 Å². The quantitative estimate of drug-likeness (QED) is 0.360. The normalized spacial score (nSPS) is 26.1. The zero-order valence-electron chi connectivity index (χ0n) is 18.2. The first kappa shape index (κ1) is 23.0. The van der Waals surface area contributed by atoms with Crippen molar-refractivity contribution in [3.8, 4) is 11.5 Å². The molecule has 2 heterocycles. The monoisotopic (exact) mass is 437 g/mol. The first-order chi connectivity index (χ1) is 14.5. The van der Waals surface area contributed by atoms with Crippen molar-refractivity contribution in [3.63, 3.8) is 0 Å². The van der Waals surface area contributed by atoms with Gasteiger partial charge in [-0.3, -0.25) is 0 Å². The summed E-state index contributed by atoms with van der Waals surface area (Å²) in [6.45, 7) is 6.56. The molecule has 1 saturated heterocycles. The molecule has 1 aromatic carbocycles. The highest BCUT2D eigenvalue weighted by molar-refractivity contribution is 6.04. The second-order valence-corrected chi connectivity index (χ2v) is 7.88. The lowest BCUT2D eigenvalue weighted by Gasteiger charge is -2.46. The molecule has 3 N–H and O–H groups in total. The molecule has 0 amide bonds. The fraction of sp³-hybridized carbons (Fsp3) is 0.524. The Morgan fingerprint density at radius 1 is 1.19 bits per heavy atom. The molecule has 2 aromatic rings. The largest absolute Gasteiger partial charge is 0.506 e. The molecular formula is C21H27NO9. The van der Waals surface area contributed by atoms with Gasteiger partial charge in [-0.1, -0.05) is 5.16 Å². The van der Waals surface area contributed by atoms with E-state index in [0.717, 1.165) is 0 Å². The number of ether oxygens (including phenoxy) is 3. The lowest BCUT2D eigenvalue weighted by Crippen LogP contribution is -2.63. The average Bonchev–Trinajstić information content (AvgIpc) is 2.68. The van der Waals surface area contributed by atoms with E-state index < -0.39 is 35.8 Å². The molecule has 0 radical (unpaired) electrons. The lowest BCUT2D eigenvalue weighted by molar-refractivity contribution is -0.306. The van der Waals surface area contributed by atoms with Crippen molar-refractivity contribution in [1.29, 1.82) is 0 Å². The highest BCUT2D eigenvalue weighted by Gasteiger charge is 2.50. The lowest BCUT2D eigenvalue weighted by atomic mass is 9.89. The van der Waals surface area contributed by atoms with Crippen LogP contribution in [-0.4, -0.2) is 65.5 Å². The Kier molecular flexibility index (Phi) is 6.28. The van der Waals surface area contributed by atoms with E-state index in [1.54, 1.807) is 26.8 Å². The molecular weight excluding hydrogens is 410 g/mol. The number of aliphatic hydroxyl groups is 2. The molecule has 1 aromatic heterocycles. The summed E-state index contributed by atoms with van der Waals surface area (Å²) in [7, 11) is 2.74. The van der Waals surface area contributed by atoms with Crippen molar-refractivity contribution < 1.29 is 38.8 Å². The third kappa shape index (κ3) is 3.99. The number of hydrogen-bond donors (Lipinski definition) is 3. The molecule has 31 heavy (non-hydrogen) atoms. The van der Waals surface area contributed by atoms with Crippen LogP contribution in [-0.2, 0) is 14.3 Å². The van der Waals surface area contributed by atoms with Gasteiger partial charge >= 0.3 is 5.63 Å². The van der Waals surface area contributed by atoms with Gasteiger partial charge in [0.05, 0.1) is 16.7 Å². The van der Waals surface area contributed by atoms with E-state index in [1.807, 2.05) is 0 Å². The minimum atomic E-state index is -1.39. The Hall–Kier alpha value is -2.66.